The Bertz CT molecular complexity index is 452. The molecule has 78 valence electrons. The topological polar surface area (TPSA) is 51.8 Å². The van der Waals surface area contributed by atoms with Crippen molar-refractivity contribution >= 4 is 0 Å². The number of halogens is 3. The summed E-state index contributed by atoms with van der Waals surface area (Å²) in [4.78, 5) is 3.37. The molecule has 15 heavy (non-hydrogen) atoms. The van der Waals surface area contributed by atoms with Gasteiger partial charge in [-0.1, -0.05) is 6.07 Å². The second kappa shape index (κ2) is 3.34. The first-order chi connectivity index (χ1) is 7.07. The van der Waals surface area contributed by atoms with E-state index in [0.717, 1.165) is 12.5 Å². The van der Waals surface area contributed by atoms with Gasteiger partial charge < -0.3 is 4.42 Å². The highest BCUT2D eigenvalue weighted by atomic mass is 19.4. The lowest BCUT2D eigenvalue weighted by Crippen LogP contribution is -2.08. The third-order valence-electron chi connectivity index (χ3n) is 1.62. The van der Waals surface area contributed by atoms with E-state index < -0.39 is 11.9 Å². The van der Waals surface area contributed by atoms with E-state index in [2.05, 4.69) is 15.2 Å². The smallest absolute Gasteiger partial charge is 0.422 e. The Kier molecular flexibility index (Phi) is 2.14. The highest BCUT2D eigenvalue weighted by molar-refractivity contribution is 5.45. The quantitative estimate of drug-likeness (QED) is 0.731. The summed E-state index contributed by atoms with van der Waals surface area (Å²) in [5.41, 5.74) is -0.986. The van der Waals surface area contributed by atoms with E-state index in [9.17, 15) is 13.2 Å². The Hall–Kier alpha value is -1.92. The van der Waals surface area contributed by atoms with Crippen molar-refractivity contribution in [3.05, 3.63) is 30.3 Å². The summed E-state index contributed by atoms with van der Waals surface area (Å²) >= 11 is 0. The second-order valence-electron chi connectivity index (χ2n) is 2.65. The third kappa shape index (κ3) is 1.95. The Balaban J connectivity index is 2.44. The SMILES string of the molecule is FC(F)(F)c1cccc(-c2nnco2)n1. The second-order valence-corrected chi connectivity index (χ2v) is 2.65. The maximum Gasteiger partial charge on any atom is 0.433 e. The van der Waals surface area contributed by atoms with Gasteiger partial charge in [0.2, 0.25) is 6.39 Å². The van der Waals surface area contributed by atoms with E-state index in [4.69, 9.17) is 4.42 Å². The van der Waals surface area contributed by atoms with Gasteiger partial charge in [-0.25, -0.2) is 4.98 Å². The van der Waals surface area contributed by atoms with Crippen molar-refractivity contribution in [1.29, 1.82) is 0 Å². The number of pyridine rings is 1. The van der Waals surface area contributed by atoms with Gasteiger partial charge in [0.1, 0.15) is 11.4 Å². The number of rotatable bonds is 1. The van der Waals surface area contributed by atoms with Crippen LogP contribution in [0.3, 0.4) is 0 Å². The number of nitrogens with zero attached hydrogens (tertiary/aromatic N) is 3. The van der Waals surface area contributed by atoms with Crippen LogP contribution in [0, 0.1) is 0 Å². The lowest BCUT2D eigenvalue weighted by atomic mass is 10.3. The van der Waals surface area contributed by atoms with E-state index in [0.29, 0.717) is 0 Å². The summed E-state index contributed by atoms with van der Waals surface area (Å²) in [5.74, 6) is -0.0406. The van der Waals surface area contributed by atoms with E-state index in [-0.39, 0.29) is 11.6 Å². The van der Waals surface area contributed by atoms with Crippen LogP contribution in [0.2, 0.25) is 0 Å². The van der Waals surface area contributed by atoms with E-state index >= 15 is 0 Å². The molecule has 0 aliphatic rings. The predicted octanol–water partition coefficient (Wildman–Crippen LogP) is 2.15. The molecule has 2 rings (SSSR count). The van der Waals surface area contributed by atoms with Crippen molar-refractivity contribution in [2.75, 3.05) is 0 Å². The molecule has 0 saturated carbocycles. The van der Waals surface area contributed by atoms with Crippen LogP contribution in [0.4, 0.5) is 13.2 Å². The molecule has 0 aromatic carbocycles. The number of alkyl halides is 3. The Morgan fingerprint density at radius 1 is 1.20 bits per heavy atom. The minimum atomic E-state index is -4.48. The molecule has 0 bridgehead atoms. The first-order valence-corrected chi connectivity index (χ1v) is 3.88. The lowest BCUT2D eigenvalue weighted by molar-refractivity contribution is -0.141. The minimum absolute atomic E-state index is 0.00215. The molecule has 0 atom stereocenters. The molecule has 2 heterocycles. The Morgan fingerprint density at radius 3 is 2.60 bits per heavy atom. The summed E-state index contributed by atoms with van der Waals surface area (Å²) in [6.07, 6.45) is -3.45. The number of aromatic nitrogens is 3. The largest absolute Gasteiger partial charge is 0.433 e. The van der Waals surface area contributed by atoms with Crippen LogP contribution in [-0.4, -0.2) is 15.2 Å². The van der Waals surface area contributed by atoms with Gasteiger partial charge in [0, 0.05) is 0 Å². The number of hydrogen-bond donors (Lipinski definition) is 0. The summed E-state index contributed by atoms with van der Waals surface area (Å²) in [6.45, 7) is 0. The monoisotopic (exact) mass is 215 g/mol. The zero-order chi connectivity index (χ0) is 10.9. The van der Waals surface area contributed by atoms with Crippen molar-refractivity contribution in [2.45, 2.75) is 6.18 Å². The van der Waals surface area contributed by atoms with Gasteiger partial charge in [0.15, 0.2) is 0 Å². The Morgan fingerprint density at radius 2 is 2.00 bits per heavy atom. The Labute approximate surface area is 81.8 Å². The van der Waals surface area contributed by atoms with Crippen LogP contribution in [0.1, 0.15) is 5.69 Å². The molecule has 0 amide bonds. The third-order valence-corrected chi connectivity index (χ3v) is 1.62. The van der Waals surface area contributed by atoms with Crippen molar-refractivity contribution in [1.82, 2.24) is 15.2 Å². The molecule has 0 N–H and O–H groups in total. The zero-order valence-electron chi connectivity index (χ0n) is 7.19. The van der Waals surface area contributed by atoms with Crippen molar-refractivity contribution in [3.8, 4) is 11.6 Å². The summed E-state index contributed by atoms with van der Waals surface area (Å²) in [5, 5.41) is 6.82. The highest BCUT2D eigenvalue weighted by Gasteiger charge is 2.32. The average Bonchev–Trinajstić information content (AvgIpc) is 2.69. The molecule has 0 aliphatic carbocycles. The van der Waals surface area contributed by atoms with Gasteiger partial charge >= 0.3 is 6.18 Å². The van der Waals surface area contributed by atoms with Gasteiger partial charge in [-0.3, -0.25) is 0 Å². The molecule has 0 fully saturated rings. The maximum absolute atomic E-state index is 12.3. The molecule has 0 spiro atoms. The van der Waals surface area contributed by atoms with Crippen LogP contribution < -0.4 is 0 Å². The highest BCUT2D eigenvalue weighted by Crippen LogP contribution is 2.28. The van der Waals surface area contributed by atoms with Gasteiger partial charge in [-0.2, -0.15) is 13.2 Å². The van der Waals surface area contributed by atoms with Crippen LogP contribution in [0.15, 0.2) is 29.0 Å². The maximum atomic E-state index is 12.3. The summed E-state index contributed by atoms with van der Waals surface area (Å²) in [6, 6.07) is 3.47. The molecule has 2 aromatic heterocycles. The first-order valence-electron chi connectivity index (χ1n) is 3.88. The van der Waals surface area contributed by atoms with Crippen molar-refractivity contribution in [2.24, 2.45) is 0 Å². The van der Waals surface area contributed by atoms with E-state index in [1.54, 1.807) is 0 Å². The first kappa shape index (κ1) is 9.63. The van der Waals surface area contributed by atoms with Crippen LogP contribution in [-0.2, 0) is 6.18 Å². The molecule has 0 saturated heterocycles. The van der Waals surface area contributed by atoms with Crippen LogP contribution in [0.5, 0.6) is 0 Å². The van der Waals surface area contributed by atoms with Gasteiger partial charge in [-0.15, -0.1) is 10.2 Å². The molecule has 0 unspecified atom stereocenters. The molecule has 0 aliphatic heterocycles. The molecule has 2 aromatic rings. The lowest BCUT2D eigenvalue weighted by Gasteiger charge is -2.05. The average molecular weight is 215 g/mol. The van der Waals surface area contributed by atoms with Gasteiger partial charge in [0.25, 0.3) is 5.89 Å². The molecule has 4 nitrogen and oxygen atoms in total. The summed E-state index contributed by atoms with van der Waals surface area (Å²) < 4.78 is 41.6. The fraction of sp³-hybridized carbons (Fsp3) is 0.125. The molecule has 7 heteroatoms. The summed E-state index contributed by atoms with van der Waals surface area (Å²) in [7, 11) is 0. The van der Waals surface area contributed by atoms with Crippen LogP contribution in [0.25, 0.3) is 11.6 Å². The molecule has 0 radical (unpaired) electrons. The fourth-order valence-electron chi connectivity index (χ4n) is 0.996. The normalized spacial score (nSPS) is 11.7. The molecular weight excluding hydrogens is 211 g/mol. The van der Waals surface area contributed by atoms with Crippen molar-refractivity contribution in [3.63, 3.8) is 0 Å². The van der Waals surface area contributed by atoms with Crippen molar-refractivity contribution < 1.29 is 17.6 Å². The van der Waals surface area contributed by atoms with Gasteiger partial charge in [0.05, 0.1) is 0 Å². The molecular formula is C8H4F3N3O. The number of hydrogen-bond acceptors (Lipinski definition) is 4. The van der Waals surface area contributed by atoms with Gasteiger partial charge in [-0.05, 0) is 12.1 Å². The minimum Gasteiger partial charge on any atom is -0.422 e. The van der Waals surface area contributed by atoms with E-state index in [1.807, 2.05) is 0 Å². The zero-order valence-corrected chi connectivity index (χ0v) is 7.19. The fourth-order valence-corrected chi connectivity index (χ4v) is 0.996. The predicted molar refractivity (Wildman–Crippen MR) is 42.5 cm³/mol. The standard InChI is InChI=1S/C8H4F3N3O/c9-8(10,11)6-3-1-2-5(13-6)7-14-12-4-15-7/h1-4H. The van der Waals surface area contributed by atoms with Crippen LogP contribution >= 0.6 is 0 Å². The van der Waals surface area contributed by atoms with E-state index in [1.165, 1.54) is 12.1 Å².